The van der Waals surface area contributed by atoms with E-state index in [1.165, 1.54) is 16.7 Å². The van der Waals surface area contributed by atoms with Gasteiger partial charge in [0.15, 0.2) is 0 Å². The van der Waals surface area contributed by atoms with E-state index in [0.717, 1.165) is 0 Å². The van der Waals surface area contributed by atoms with Crippen LogP contribution in [-0.2, 0) is 14.4 Å². The van der Waals surface area contributed by atoms with Crippen molar-refractivity contribution in [3.05, 3.63) is 47.2 Å². The zero-order valence-corrected chi connectivity index (χ0v) is 17.1. The molecule has 28 heavy (non-hydrogen) atoms. The van der Waals surface area contributed by atoms with Crippen molar-refractivity contribution >= 4 is 42.0 Å². The van der Waals surface area contributed by atoms with Crippen LogP contribution < -0.4 is 11.1 Å². The van der Waals surface area contributed by atoms with Crippen LogP contribution in [0.3, 0.4) is 0 Å². The number of carboxylic acids is 1. The average Bonchev–Trinajstić information content (AvgIpc) is 2.66. The van der Waals surface area contributed by atoms with Crippen LogP contribution in [0, 0.1) is 0 Å². The first-order valence-electron chi connectivity index (χ1n) is 8.42. The van der Waals surface area contributed by atoms with Crippen molar-refractivity contribution in [1.82, 2.24) is 10.2 Å². The van der Waals surface area contributed by atoms with Gasteiger partial charge in [0, 0.05) is 12.4 Å². The molecule has 8 nitrogen and oxygen atoms in total. The molecule has 0 aromatic heterocycles. The number of carboxylic acid groups (broad SMARTS) is 1. The fourth-order valence-corrected chi connectivity index (χ4v) is 4.12. The Morgan fingerprint density at radius 1 is 1.36 bits per heavy atom. The third-order valence-electron chi connectivity index (χ3n) is 4.10. The molecule has 154 valence electrons. The van der Waals surface area contributed by atoms with Crippen LogP contribution in [-0.4, -0.2) is 56.7 Å². The van der Waals surface area contributed by atoms with Gasteiger partial charge in [0.25, 0.3) is 5.91 Å². The van der Waals surface area contributed by atoms with Crippen LogP contribution in [0.15, 0.2) is 41.6 Å². The Morgan fingerprint density at radius 3 is 2.46 bits per heavy atom. The lowest BCUT2D eigenvalue weighted by Gasteiger charge is -2.49. The molecule has 0 bridgehead atoms. The minimum absolute atomic E-state index is 0. The predicted molar refractivity (Wildman–Crippen MR) is 109 cm³/mol. The number of carbonyl (C=O) groups is 3. The van der Waals surface area contributed by atoms with Crippen LogP contribution in [0.2, 0.25) is 0 Å². The number of halogens is 1. The number of carbonyl (C=O) groups excluding carboxylic acids is 2. The van der Waals surface area contributed by atoms with E-state index < -0.39 is 35.2 Å². The van der Waals surface area contributed by atoms with E-state index in [4.69, 9.17) is 10.8 Å². The molecule has 5 N–H and O–H groups in total. The summed E-state index contributed by atoms with van der Waals surface area (Å²) < 4.78 is 0. The molecule has 3 atom stereocenters. The van der Waals surface area contributed by atoms with Gasteiger partial charge in [0.2, 0.25) is 5.91 Å². The van der Waals surface area contributed by atoms with Gasteiger partial charge < -0.3 is 21.3 Å². The first kappa shape index (κ1) is 24.0. The number of hydrogen-bond donors (Lipinski definition) is 4. The molecule has 2 aliphatic heterocycles. The summed E-state index contributed by atoms with van der Waals surface area (Å²) in [6.07, 6.45) is 0. The summed E-state index contributed by atoms with van der Waals surface area (Å²) in [6, 6.07) is 7.23. The number of β-lactam (4-membered cyclic amide) rings is 1. The molecule has 1 saturated heterocycles. The number of aliphatic hydroxyl groups is 1. The molecule has 3 rings (SSSR count). The van der Waals surface area contributed by atoms with E-state index >= 15 is 0 Å². The molecular weight excluding hydrogens is 406 g/mol. The van der Waals surface area contributed by atoms with Crippen molar-refractivity contribution in [2.75, 3.05) is 12.4 Å². The van der Waals surface area contributed by atoms with Gasteiger partial charge in [-0.1, -0.05) is 30.3 Å². The number of fused-ring (bicyclic) bond motifs is 1. The third kappa shape index (κ3) is 4.85. The Hall–Kier alpha value is -2.07. The summed E-state index contributed by atoms with van der Waals surface area (Å²) >= 11 is 1.43. The monoisotopic (exact) mass is 429 g/mol. The first-order valence-corrected chi connectivity index (χ1v) is 9.47. The lowest BCUT2D eigenvalue weighted by molar-refractivity contribution is -0.150. The minimum Gasteiger partial charge on any atom is -0.477 e. The van der Waals surface area contributed by atoms with Gasteiger partial charge in [-0.2, -0.15) is 0 Å². The van der Waals surface area contributed by atoms with Gasteiger partial charge in [-0.3, -0.25) is 14.5 Å². The van der Waals surface area contributed by atoms with E-state index in [-0.39, 0.29) is 24.7 Å². The highest BCUT2D eigenvalue weighted by atomic mass is 35.5. The van der Waals surface area contributed by atoms with Crippen molar-refractivity contribution in [3.8, 4) is 0 Å². The normalized spacial score (nSPS) is 21.3. The third-order valence-corrected chi connectivity index (χ3v) is 5.52. The predicted octanol–water partition coefficient (Wildman–Crippen LogP) is 0.865. The largest absolute Gasteiger partial charge is 0.477 e. The molecule has 10 heteroatoms. The van der Waals surface area contributed by atoms with E-state index in [0.29, 0.717) is 16.9 Å². The first-order chi connectivity index (χ1) is 12.8. The highest BCUT2D eigenvalue weighted by Gasteiger charge is 2.53. The number of thioether (sulfide) groups is 1. The maximum atomic E-state index is 12.3. The number of hydrogen-bond acceptors (Lipinski definition) is 6. The second kappa shape index (κ2) is 10.5. The highest BCUT2D eigenvalue weighted by Crippen LogP contribution is 2.40. The molecule has 1 aromatic carbocycles. The number of nitrogens with zero attached hydrogens (tertiary/aromatic N) is 1. The van der Waals surface area contributed by atoms with E-state index in [9.17, 15) is 19.5 Å². The van der Waals surface area contributed by atoms with Gasteiger partial charge in [0.05, 0.1) is 0 Å². The molecular formula is C18H24ClN3O5S. The van der Waals surface area contributed by atoms with E-state index in [1.54, 1.807) is 38.1 Å². The zero-order valence-electron chi connectivity index (χ0n) is 15.5. The molecule has 0 radical (unpaired) electrons. The second-order valence-corrected chi connectivity index (χ2v) is 7.14. The van der Waals surface area contributed by atoms with Gasteiger partial charge in [0.1, 0.15) is 23.2 Å². The maximum absolute atomic E-state index is 12.3. The van der Waals surface area contributed by atoms with Crippen molar-refractivity contribution in [1.29, 1.82) is 0 Å². The summed E-state index contributed by atoms with van der Waals surface area (Å²) in [6.45, 7) is 3.62. The minimum atomic E-state index is -1.13. The van der Waals surface area contributed by atoms with Crippen LogP contribution in [0.5, 0.6) is 0 Å². The zero-order chi connectivity index (χ0) is 20.1. The average molecular weight is 430 g/mol. The van der Waals surface area contributed by atoms with Gasteiger partial charge in [-0.15, -0.1) is 24.2 Å². The Bertz CT molecular complexity index is 759. The van der Waals surface area contributed by atoms with Gasteiger partial charge >= 0.3 is 5.97 Å². The number of benzene rings is 1. The summed E-state index contributed by atoms with van der Waals surface area (Å²) in [7, 11) is 0. The number of aliphatic carboxylic acids is 1. The van der Waals surface area contributed by atoms with E-state index in [2.05, 4.69) is 5.32 Å². The lowest BCUT2D eigenvalue weighted by Crippen LogP contribution is -2.71. The molecule has 1 aromatic rings. The van der Waals surface area contributed by atoms with E-state index in [1.807, 2.05) is 6.07 Å². The molecule has 0 aliphatic carbocycles. The molecule has 0 spiro atoms. The fraction of sp³-hybridized carbons (Fsp3) is 0.389. The SMILES string of the molecule is CC1=C(C(=O)O)N2C(=O)[C@@H](NC(=O)[C@H](N)c3ccccc3)[C@H]2SC1.CCO.Cl. The Kier molecular flexibility index (Phi) is 8.96. The number of aliphatic hydroxyl groups excluding tert-OH is 1. The smallest absolute Gasteiger partial charge is 0.352 e. The fourth-order valence-electron chi connectivity index (χ4n) is 2.83. The lowest BCUT2D eigenvalue weighted by atomic mass is 10.0. The number of rotatable bonds is 4. The van der Waals surface area contributed by atoms with Crippen molar-refractivity contribution in [3.63, 3.8) is 0 Å². The van der Waals surface area contributed by atoms with Crippen LogP contribution >= 0.6 is 24.2 Å². The summed E-state index contributed by atoms with van der Waals surface area (Å²) in [5.41, 5.74) is 7.24. The summed E-state index contributed by atoms with van der Waals surface area (Å²) in [5, 5.41) is 19.1. The summed E-state index contributed by atoms with van der Waals surface area (Å²) in [5.74, 6) is -1.50. The van der Waals surface area contributed by atoms with Crippen molar-refractivity contribution in [2.24, 2.45) is 5.73 Å². The van der Waals surface area contributed by atoms with Crippen LogP contribution in [0.25, 0.3) is 0 Å². The van der Waals surface area contributed by atoms with Gasteiger partial charge in [-0.25, -0.2) is 4.79 Å². The Balaban J connectivity index is 0.000000921. The van der Waals surface area contributed by atoms with Crippen LogP contribution in [0.1, 0.15) is 25.5 Å². The molecule has 2 heterocycles. The Labute approximate surface area is 173 Å². The quantitative estimate of drug-likeness (QED) is 0.522. The molecule has 2 amide bonds. The molecule has 2 aliphatic rings. The number of nitrogens with two attached hydrogens (primary N) is 1. The number of amides is 2. The highest BCUT2D eigenvalue weighted by molar-refractivity contribution is 8.00. The van der Waals surface area contributed by atoms with Crippen LogP contribution in [0.4, 0.5) is 0 Å². The maximum Gasteiger partial charge on any atom is 0.352 e. The topological polar surface area (TPSA) is 133 Å². The molecule has 1 fully saturated rings. The van der Waals surface area contributed by atoms with Gasteiger partial charge in [-0.05, 0) is 25.0 Å². The van der Waals surface area contributed by atoms with Crippen molar-refractivity contribution < 1.29 is 24.6 Å². The molecule has 0 saturated carbocycles. The second-order valence-electron chi connectivity index (χ2n) is 6.03. The van der Waals surface area contributed by atoms with Crippen molar-refractivity contribution in [2.45, 2.75) is 31.3 Å². The number of nitrogens with one attached hydrogen (secondary N) is 1. The summed E-state index contributed by atoms with van der Waals surface area (Å²) in [4.78, 5) is 37.2. The standard InChI is InChI=1S/C16H17N3O4S.C2H6O.ClH/c1-8-7-24-15-11(14(21)19(15)12(8)16(22)23)18-13(20)10(17)9-5-3-2-4-6-9;1-2-3;/h2-6,10-11,15H,7,17H2,1H3,(H,18,20)(H,22,23);3H,2H2,1H3;1H/t10-,11-,15-;;/m1../s1. The molecule has 0 unspecified atom stereocenters. The Morgan fingerprint density at radius 2 is 1.93 bits per heavy atom.